The van der Waals surface area contributed by atoms with Crippen LogP contribution in [0.25, 0.3) is 22.0 Å². The number of carbonyl (C=O) groups is 1. The number of morpholine rings is 1. The summed E-state index contributed by atoms with van der Waals surface area (Å²) < 4.78 is 18.5. The highest BCUT2D eigenvalue weighted by Crippen LogP contribution is 2.28. The molecule has 0 unspecified atom stereocenters. The summed E-state index contributed by atoms with van der Waals surface area (Å²) in [5, 5.41) is 10.4. The molecule has 1 aliphatic heterocycles. The number of nitrogens with one attached hydrogen (secondary N) is 2. The lowest BCUT2D eigenvalue weighted by Crippen LogP contribution is -2.36. The van der Waals surface area contributed by atoms with Crippen molar-refractivity contribution in [1.29, 1.82) is 0 Å². The van der Waals surface area contributed by atoms with E-state index in [0.717, 1.165) is 41.6 Å². The molecule has 1 saturated heterocycles. The Bertz CT molecular complexity index is 1230. The quantitative estimate of drug-likeness (QED) is 0.528. The molecule has 3 aromatic heterocycles. The molecule has 4 heterocycles. The predicted molar refractivity (Wildman–Crippen MR) is 115 cm³/mol. The molecule has 2 N–H and O–H groups in total. The van der Waals surface area contributed by atoms with Gasteiger partial charge in [0.2, 0.25) is 0 Å². The molecule has 0 radical (unpaired) electrons. The number of rotatable bonds is 4. The number of H-pyrrole nitrogens is 1. The van der Waals surface area contributed by atoms with Crippen LogP contribution in [-0.2, 0) is 4.74 Å². The fourth-order valence-electron chi connectivity index (χ4n) is 3.57. The molecule has 31 heavy (non-hydrogen) atoms. The normalized spacial score (nSPS) is 14.0. The zero-order valence-corrected chi connectivity index (χ0v) is 16.5. The van der Waals surface area contributed by atoms with E-state index in [4.69, 9.17) is 4.74 Å². The van der Waals surface area contributed by atoms with Gasteiger partial charge in [0.05, 0.1) is 36.8 Å². The molecule has 0 spiro atoms. The fraction of sp³-hybridized carbons (Fsp3) is 0.182. The van der Waals surface area contributed by atoms with Gasteiger partial charge < -0.3 is 15.0 Å². The monoisotopic (exact) mass is 418 g/mol. The first-order valence-electron chi connectivity index (χ1n) is 9.86. The van der Waals surface area contributed by atoms with Crippen molar-refractivity contribution in [3.63, 3.8) is 0 Å². The van der Waals surface area contributed by atoms with E-state index in [-0.39, 0.29) is 11.5 Å². The first-order chi connectivity index (χ1) is 15.2. The lowest BCUT2D eigenvalue weighted by atomic mass is 10.0. The smallest absolute Gasteiger partial charge is 0.277 e. The molecule has 0 aliphatic carbocycles. The molecule has 5 rings (SSSR count). The predicted octanol–water partition coefficient (Wildman–Crippen LogP) is 3.25. The lowest BCUT2D eigenvalue weighted by Gasteiger charge is -2.28. The molecule has 1 amide bonds. The van der Waals surface area contributed by atoms with Gasteiger partial charge in [-0.15, -0.1) is 0 Å². The van der Waals surface area contributed by atoms with Crippen molar-refractivity contribution < 1.29 is 13.9 Å². The molecule has 9 heteroatoms. The van der Waals surface area contributed by atoms with Gasteiger partial charge in [0, 0.05) is 30.2 Å². The average Bonchev–Trinajstić information content (AvgIpc) is 3.25. The van der Waals surface area contributed by atoms with Gasteiger partial charge in [-0.3, -0.25) is 14.9 Å². The van der Waals surface area contributed by atoms with Crippen molar-refractivity contribution in [3.05, 3.63) is 66.5 Å². The van der Waals surface area contributed by atoms with E-state index in [2.05, 4.69) is 36.4 Å². The Kier molecular flexibility index (Phi) is 5.01. The molecular weight excluding hydrogens is 399 g/mol. The van der Waals surface area contributed by atoms with Crippen LogP contribution >= 0.6 is 0 Å². The second-order valence-corrected chi connectivity index (χ2v) is 7.18. The number of fused-ring (bicyclic) bond motifs is 1. The maximum Gasteiger partial charge on any atom is 0.277 e. The number of aromatic amines is 1. The van der Waals surface area contributed by atoms with Crippen molar-refractivity contribution in [2.75, 3.05) is 36.5 Å². The molecule has 4 aromatic rings. The Hall–Kier alpha value is -3.85. The number of hydrogen-bond donors (Lipinski definition) is 2. The van der Waals surface area contributed by atoms with Gasteiger partial charge in [-0.1, -0.05) is 6.07 Å². The van der Waals surface area contributed by atoms with E-state index >= 15 is 0 Å². The minimum absolute atomic E-state index is 0.236. The Morgan fingerprint density at radius 1 is 1.06 bits per heavy atom. The Morgan fingerprint density at radius 3 is 2.74 bits per heavy atom. The molecule has 0 atom stereocenters. The summed E-state index contributed by atoms with van der Waals surface area (Å²) in [6.07, 6.45) is 4.69. The van der Waals surface area contributed by atoms with Crippen LogP contribution in [0.1, 0.15) is 10.5 Å². The number of hydrogen-bond acceptors (Lipinski definition) is 6. The first-order valence-corrected chi connectivity index (χ1v) is 9.86. The van der Waals surface area contributed by atoms with Crippen molar-refractivity contribution in [1.82, 2.24) is 20.2 Å². The van der Waals surface area contributed by atoms with Crippen molar-refractivity contribution >= 4 is 28.3 Å². The van der Waals surface area contributed by atoms with Crippen molar-refractivity contribution in [2.45, 2.75) is 0 Å². The van der Waals surface area contributed by atoms with Crippen LogP contribution in [0.4, 0.5) is 15.9 Å². The van der Waals surface area contributed by atoms with E-state index in [9.17, 15) is 9.18 Å². The van der Waals surface area contributed by atoms with E-state index in [1.165, 1.54) is 12.1 Å². The number of carbonyl (C=O) groups excluding carboxylic acids is 1. The molecule has 1 fully saturated rings. The van der Waals surface area contributed by atoms with E-state index in [0.29, 0.717) is 18.6 Å². The summed E-state index contributed by atoms with van der Waals surface area (Å²) >= 11 is 0. The number of benzene rings is 1. The molecule has 1 aliphatic rings. The number of aromatic nitrogens is 4. The van der Waals surface area contributed by atoms with Gasteiger partial charge in [0.25, 0.3) is 5.91 Å². The minimum Gasteiger partial charge on any atom is -0.378 e. The summed E-state index contributed by atoms with van der Waals surface area (Å²) in [5.74, 6) is -0.649. The van der Waals surface area contributed by atoms with Crippen LogP contribution in [0.3, 0.4) is 0 Å². The Balaban J connectivity index is 1.45. The van der Waals surface area contributed by atoms with Gasteiger partial charge in [-0.05, 0) is 35.9 Å². The molecule has 0 saturated carbocycles. The Morgan fingerprint density at radius 2 is 1.94 bits per heavy atom. The molecular formula is C22H19FN6O2. The largest absolute Gasteiger partial charge is 0.378 e. The van der Waals surface area contributed by atoms with Crippen LogP contribution < -0.4 is 10.2 Å². The van der Waals surface area contributed by atoms with Gasteiger partial charge in [0.1, 0.15) is 11.6 Å². The number of ether oxygens (including phenoxy) is 1. The highest BCUT2D eigenvalue weighted by molar-refractivity contribution is 6.11. The number of anilines is 2. The van der Waals surface area contributed by atoms with Crippen molar-refractivity contribution in [3.8, 4) is 11.1 Å². The first kappa shape index (κ1) is 19.1. The zero-order chi connectivity index (χ0) is 21.2. The second kappa shape index (κ2) is 8.11. The Labute approximate surface area is 177 Å². The standard InChI is InChI=1S/C22H19FN6O2/c23-16-2-4-20(25-12-16)26-22(30)21-18-10-14(1-3-19(18)27-28-21)15-9-17(13-24-11-15)29-5-7-31-8-6-29/h1-4,9-13H,5-8H2,(H,27,28)(H,25,26,30). The summed E-state index contributed by atoms with van der Waals surface area (Å²) in [6, 6.07) is 10.5. The van der Waals surface area contributed by atoms with Crippen LogP contribution in [0.5, 0.6) is 0 Å². The maximum absolute atomic E-state index is 13.1. The lowest BCUT2D eigenvalue weighted by molar-refractivity contribution is 0.102. The topological polar surface area (TPSA) is 96.0 Å². The van der Waals surface area contributed by atoms with E-state index in [1.54, 1.807) is 6.20 Å². The van der Waals surface area contributed by atoms with Gasteiger partial charge in [0.15, 0.2) is 5.69 Å². The highest BCUT2D eigenvalue weighted by atomic mass is 19.1. The van der Waals surface area contributed by atoms with Crippen LogP contribution in [0.2, 0.25) is 0 Å². The molecule has 1 aromatic carbocycles. The minimum atomic E-state index is -0.472. The third-order valence-electron chi connectivity index (χ3n) is 5.18. The molecule has 8 nitrogen and oxygen atoms in total. The van der Waals surface area contributed by atoms with E-state index in [1.807, 2.05) is 24.4 Å². The average molecular weight is 418 g/mol. The third kappa shape index (κ3) is 3.95. The maximum atomic E-state index is 13.1. The summed E-state index contributed by atoms with van der Waals surface area (Å²) in [5.41, 5.74) is 3.87. The van der Waals surface area contributed by atoms with Crippen LogP contribution in [0, 0.1) is 5.82 Å². The zero-order valence-electron chi connectivity index (χ0n) is 16.5. The number of pyridine rings is 2. The van der Waals surface area contributed by atoms with Gasteiger partial charge >= 0.3 is 0 Å². The van der Waals surface area contributed by atoms with Gasteiger partial charge in [-0.2, -0.15) is 5.10 Å². The van der Waals surface area contributed by atoms with Crippen LogP contribution in [-0.4, -0.2) is 52.4 Å². The molecule has 156 valence electrons. The molecule has 0 bridgehead atoms. The summed E-state index contributed by atoms with van der Waals surface area (Å²) in [7, 11) is 0. The number of amides is 1. The SMILES string of the molecule is O=C(Nc1ccc(F)cn1)c1n[nH]c2ccc(-c3cncc(N4CCOCC4)c3)cc12. The highest BCUT2D eigenvalue weighted by Gasteiger charge is 2.17. The van der Waals surface area contributed by atoms with Gasteiger partial charge in [-0.25, -0.2) is 9.37 Å². The third-order valence-corrected chi connectivity index (χ3v) is 5.18. The van der Waals surface area contributed by atoms with Crippen molar-refractivity contribution in [2.24, 2.45) is 0 Å². The summed E-state index contributed by atoms with van der Waals surface area (Å²) in [6.45, 7) is 3.06. The second-order valence-electron chi connectivity index (χ2n) is 7.18. The summed E-state index contributed by atoms with van der Waals surface area (Å²) in [4.78, 5) is 23.2. The number of nitrogens with zero attached hydrogens (tertiary/aromatic N) is 4. The fourth-order valence-corrected chi connectivity index (χ4v) is 3.57. The number of halogens is 1. The van der Waals surface area contributed by atoms with E-state index < -0.39 is 11.7 Å². The van der Waals surface area contributed by atoms with Crippen LogP contribution in [0.15, 0.2) is 55.0 Å².